The zero-order valence-electron chi connectivity index (χ0n) is 9.75. The van der Waals surface area contributed by atoms with Gasteiger partial charge in [-0.3, -0.25) is 4.79 Å². The second-order valence-electron chi connectivity index (χ2n) is 3.84. The van der Waals surface area contributed by atoms with Gasteiger partial charge < -0.3 is 4.90 Å². The van der Waals surface area contributed by atoms with Crippen molar-refractivity contribution in [3.63, 3.8) is 0 Å². The Hall–Kier alpha value is -0.790. The van der Waals surface area contributed by atoms with Crippen LogP contribution in [0, 0.1) is 0 Å². The molecule has 0 rings (SSSR count). The molecule has 0 bridgehead atoms. The van der Waals surface area contributed by atoms with Crippen LogP contribution in [-0.2, 0) is 4.79 Å². The molecule has 0 unspecified atom stereocenters. The Morgan fingerprint density at radius 1 is 1.14 bits per heavy atom. The molecule has 2 nitrogen and oxygen atoms in total. The van der Waals surface area contributed by atoms with Crippen LogP contribution in [0.15, 0.2) is 11.8 Å². The van der Waals surface area contributed by atoms with Gasteiger partial charge in [0.05, 0.1) is 5.70 Å². The summed E-state index contributed by atoms with van der Waals surface area (Å²) in [6.45, 7) is 2.22. The normalized spacial score (nSPS) is 11.5. The minimum atomic E-state index is 0.792. The molecule has 0 N–H and O–H groups in total. The summed E-state index contributed by atoms with van der Waals surface area (Å²) in [6, 6.07) is 0. The molecule has 0 aliphatic carbocycles. The van der Waals surface area contributed by atoms with E-state index in [9.17, 15) is 4.79 Å². The van der Waals surface area contributed by atoms with E-state index in [0.29, 0.717) is 0 Å². The predicted octanol–water partition coefficient (Wildman–Crippen LogP) is 2.99. The van der Waals surface area contributed by atoms with Crippen LogP contribution in [0.4, 0.5) is 0 Å². The number of aldehydes is 1. The van der Waals surface area contributed by atoms with Gasteiger partial charge in [0.2, 0.25) is 0 Å². The molecule has 0 aliphatic rings. The summed E-state index contributed by atoms with van der Waals surface area (Å²) in [5.41, 5.74) is 0.792. The highest BCUT2D eigenvalue weighted by Gasteiger charge is 1.95. The lowest BCUT2D eigenvalue weighted by molar-refractivity contribution is -0.105. The molecular formula is C12H23NO. The van der Waals surface area contributed by atoms with Gasteiger partial charge in [-0.1, -0.05) is 38.7 Å². The van der Waals surface area contributed by atoms with Crippen LogP contribution in [0.25, 0.3) is 0 Å². The van der Waals surface area contributed by atoms with E-state index in [0.717, 1.165) is 18.4 Å². The molecule has 0 aliphatic heterocycles. The van der Waals surface area contributed by atoms with Crippen molar-refractivity contribution in [1.82, 2.24) is 4.90 Å². The summed E-state index contributed by atoms with van der Waals surface area (Å²) in [5.74, 6) is 0. The van der Waals surface area contributed by atoms with Crippen molar-refractivity contribution in [1.29, 1.82) is 0 Å². The second kappa shape index (κ2) is 8.79. The molecule has 0 aromatic carbocycles. The smallest absolute Gasteiger partial charge is 0.165 e. The van der Waals surface area contributed by atoms with E-state index in [1.165, 1.54) is 32.1 Å². The number of hydrogen-bond acceptors (Lipinski definition) is 2. The Morgan fingerprint density at radius 2 is 1.79 bits per heavy atom. The van der Waals surface area contributed by atoms with Gasteiger partial charge in [0.25, 0.3) is 0 Å². The number of carbonyl (C=O) groups excluding carboxylic acids is 1. The van der Waals surface area contributed by atoms with Crippen LogP contribution in [-0.4, -0.2) is 25.3 Å². The highest BCUT2D eigenvalue weighted by Crippen LogP contribution is 2.07. The van der Waals surface area contributed by atoms with E-state index < -0.39 is 0 Å². The third-order valence-corrected chi connectivity index (χ3v) is 2.30. The van der Waals surface area contributed by atoms with E-state index in [1.807, 2.05) is 25.1 Å². The molecule has 14 heavy (non-hydrogen) atoms. The van der Waals surface area contributed by atoms with Gasteiger partial charge in [0.1, 0.15) is 0 Å². The summed E-state index contributed by atoms with van der Waals surface area (Å²) in [7, 11) is 3.80. The molecule has 0 aromatic heterocycles. The highest BCUT2D eigenvalue weighted by molar-refractivity contribution is 5.71. The average molecular weight is 197 g/mol. The minimum Gasteiger partial charge on any atom is -0.375 e. The van der Waals surface area contributed by atoms with Crippen molar-refractivity contribution in [2.75, 3.05) is 14.1 Å². The highest BCUT2D eigenvalue weighted by atomic mass is 16.1. The van der Waals surface area contributed by atoms with Crippen LogP contribution in [0.3, 0.4) is 0 Å². The maximum atomic E-state index is 10.6. The Labute approximate surface area is 88.0 Å². The van der Waals surface area contributed by atoms with Gasteiger partial charge in [0.15, 0.2) is 6.29 Å². The van der Waals surface area contributed by atoms with E-state index in [-0.39, 0.29) is 0 Å². The Morgan fingerprint density at radius 3 is 2.29 bits per heavy atom. The first kappa shape index (κ1) is 13.2. The molecule has 82 valence electrons. The van der Waals surface area contributed by atoms with Gasteiger partial charge in [-0.2, -0.15) is 0 Å². The maximum Gasteiger partial charge on any atom is 0.165 e. The lowest BCUT2D eigenvalue weighted by Crippen LogP contribution is -2.11. The number of carbonyl (C=O) groups is 1. The average Bonchev–Trinajstić information content (AvgIpc) is 2.16. The Balaban J connectivity index is 3.53. The van der Waals surface area contributed by atoms with Crippen LogP contribution < -0.4 is 0 Å². The van der Waals surface area contributed by atoms with E-state index in [4.69, 9.17) is 0 Å². The molecule has 0 fully saturated rings. The molecule has 0 atom stereocenters. The second-order valence-corrected chi connectivity index (χ2v) is 3.84. The standard InChI is InChI=1S/C12H23NO/c1-4-5-6-7-8-9-10-12(11-14)13(2)3/h10-11H,4-9H2,1-3H3. The summed E-state index contributed by atoms with van der Waals surface area (Å²) < 4.78 is 0. The topological polar surface area (TPSA) is 20.3 Å². The number of likely N-dealkylation sites (N-methyl/N-ethyl adjacent to an activating group) is 1. The van der Waals surface area contributed by atoms with Crippen molar-refractivity contribution in [2.24, 2.45) is 0 Å². The summed E-state index contributed by atoms with van der Waals surface area (Å²) in [6.07, 6.45) is 10.4. The zero-order valence-corrected chi connectivity index (χ0v) is 9.75. The van der Waals surface area contributed by atoms with Gasteiger partial charge in [-0.15, -0.1) is 0 Å². The quantitative estimate of drug-likeness (QED) is 0.339. The molecule has 0 saturated carbocycles. The number of unbranched alkanes of at least 4 members (excludes halogenated alkanes) is 5. The molecule has 0 spiro atoms. The summed E-state index contributed by atoms with van der Waals surface area (Å²) in [5, 5.41) is 0. The first-order valence-electron chi connectivity index (χ1n) is 5.55. The predicted molar refractivity (Wildman–Crippen MR) is 61.2 cm³/mol. The largest absolute Gasteiger partial charge is 0.375 e. The van der Waals surface area contributed by atoms with Gasteiger partial charge in [0, 0.05) is 14.1 Å². The minimum absolute atomic E-state index is 0.792. The molecule has 0 aromatic rings. The number of hydrogen-bond donors (Lipinski definition) is 0. The van der Waals surface area contributed by atoms with Crippen LogP contribution >= 0.6 is 0 Å². The number of rotatable bonds is 8. The van der Waals surface area contributed by atoms with Crippen LogP contribution in [0.5, 0.6) is 0 Å². The first-order valence-corrected chi connectivity index (χ1v) is 5.55. The fourth-order valence-electron chi connectivity index (χ4n) is 1.33. The van der Waals surface area contributed by atoms with Crippen molar-refractivity contribution in [2.45, 2.75) is 45.4 Å². The first-order chi connectivity index (χ1) is 6.72. The monoisotopic (exact) mass is 197 g/mol. The lowest BCUT2D eigenvalue weighted by Gasteiger charge is -2.10. The SMILES string of the molecule is CCCCCCCC=C(C=O)N(C)C. The van der Waals surface area contributed by atoms with E-state index in [1.54, 1.807) is 0 Å². The molecule has 2 heteroatoms. The third kappa shape index (κ3) is 6.70. The third-order valence-electron chi connectivity index (χ3n) is 2.30. The lowest BCUT2D eigenvalue weighted by atomic mass is 10.1. The Bertz CT molecular complexity index is 173. The van der Waals surface area contributed by atoms with Crippen molar-refractivity contribution in [3.8, 4) is 0 Å². The molecule has 0 amide bonds. The van der Waals surface area contributed by atoms with Crippen molar-refractivity contribution in [3.05, 3.63) is 11.8 Å². The summed E-state index contributed by atoms with van der Waals surface area (Å²) in [4.78, 5) is 12.5. The van der Waals surface area contributed by atoms with E-state index >= 15 is 0 Å². The molecular weight excluding hydrogens is 174 g/mol. The van der Waals surface area contributed by atoms with Crippen LogP contribution in [0.1, 0.15) is 45.4 Å². The molecule has 0 saturated heterocycles. The zero-order chi connectivity index (χ0) is 10.8. The fourth-order valence-corrected chi connectivity index (χ4v) is 1.33. The van der Waals surface area contributed by atoms with E-state index in [2.05, 4.69) is 6.92 Å². The van der Waals surface area contributed by atoms with Crippen LogP contribution in [0.2, 0.25) is 0 Å². The maximum absolute atomic E-state index is 10.6. The van der Waals surface area contributed by atoms with Crippen molar-refractivity contribution < 1.29 is 4.79 Å². The number of allylic oxidation sites excluding steroid dienone is 2. The van der Waals surface area contributed by atoms with Crippen molar-refractivity contribution >= 4 is 6.29 Å². The van der Waals surface area contributed by atoms with Gasteiger partial charge >= 0.3 is 0 Å². The summed E-state index contributed by atoms with van der Waals surface area (Å²) >= 11 is 0. The molecule has 0 radical (unpaired) electrons. The van der Waals surface area contributed by atoms with Gasteiger partial charge in [-0.05, 0) is 12.8 Å². The Kier molecular flexibility index (Phi) is 8.30. The van der Waals surface area contributed by atoms with Gasteiger partial charge in [-0.25, -0.2) is 0 Å². The molecule has 0 heterocycles. The fraction of sp³-hybridized carbons (Fsp3) is 0.750. The number of nitrogens with zero attached hydrogens (tertiary/aromatic N) is 1.